The first-order valence-corrected chi connectivity index (χ1v) is 7.06. The molecule has 2 fully saturated rings. The Labute approximate surface area is 114 Å². The van der Waals surface area contributed by atoms with Crippen LogP contribution in [0.2, 0.25) is 0 Å². The Bertz CT molecular complexity index is 444. The zero-order valence-electron chi connectivity index (χ0n) is 11.5. The Kier molecular flexibility index (Phi) is 3.48. The van der Waals surface area contributed by atoms with E-state index in [1.165, 1.54) is 5.56 Å². The van der Waals surface area contributed by atoms with Gasteiger partial charge in [0.25, 0.3) is 0 Å². The molecule has 4 nitrogen and oxygen atoms in total. The van der Waals surface area contributed by atoms with Crippen LogP contribution in [0.4, 0.5) is 5.69 Å². The second kappa shape index (κ2) is 5.12. The first kappa shape index (κ1) is 12.9. The van der Waals surface area contributed by atoms with Crippen LogP contribution in [0.15, 0.2) is 24.3 Å². The minimum absolute atomic E-state index is 0.341. The molecular formula is C15H22N2O2. The lowest BCUT2D eigenvalue weighted by Crippen LogP contribution is -2.49. The number of likely N-dealkylation sites (tertiary alicyclic amines) is 1. The van der Waals surface area contributed by atoms with Gasteiger partial charge in [0.2, 0.25) is 0 Å². The molecule has 2 aliphatic rings. The van der Waals surface area contributed by atoms with Crippen molar-refractivity contribution < 1.29 is 9.47 Å². The number of benzene rings is 1. The van der Waals surface area contributed by atoms with Gasteiger partial charge in [0.15, 0.2) is 5.79 Å². The Morgan fingerprint density at radius 3 is 2.84 bits per heavy atom. The standard InChI is InChI=1S/C15H22N2O2/c1-12(13-4-2-5-14(16)10-13)17-7-3-6-15(11-17)18-8-9-19-15/h2,4-5,10,12H,3,6-9,11,16H2,1H3. The predicted molar refractivity (Wildman–Crippen MR) is 74.7 cm³/mol. The number of nitrogen functional groups attached to an aromatic ring is 1. The molecule has 0 aliphatic carbocycles. The van der Waals surface area contributed by atoms with Crippen LogP contribution in [0.3, 0.4) is 0 Å². The van der Waals surface area contributed by atoms with Crippen molar-refractivity contribution in [2.24, 2.45) is 0 Å². The zero-order chi connectivity index (χ0) is 13.3. The molecule has 1 spiro atoms. The van der Waals surface area contributed by atoms with Crippen LogP contribution in [0, 0.1) is 0 Å². The van der Waals surface area contributed by atoms with Crippen LogP contribution in [0.1, 0.15) is 31.4 Å². The normalized spacial score (nSPS) is 24.7. The van der Waals surface area contributed by atoms with Gasteiger partial charge in [-0.2, -0.15) is 0 Å². The number of nitrogens with two attached hydrogens (primary N) is 1. The van der Waals surface area contributed by atoms with E-state index in [0.29, 0.717) is 6.04 Å². The van der Waals surface area contributed by atoms with Crippen molar-refractivity contribution >= 4 is 5.69 Å². The SMILES string of the molecule is CC(c1cccc(N)c1)N1CCCC2(C1)OCCO2. The third kappa shape index (κ3) is 2.61. The molecule has 1 aromatic carbocycles. The molecule has 0 bridgehead atoms. The lowest BCUT2D eigenvalue weighted by atomic mass is 9.99. The van der Waals surface area contributed by atoms with E-state index < -0.39 is 0 Å². The topological polar surface area (TPSA) is 47.7 Å². The highest BCUT2D eigenvalue weighted by Crippen LogP contribution is 2.34. The van der Waals surface area contributed by atoms with Crippen molar-refractivity contribution in [3.05, 3.63) is 29.8 Å². The van der Waals surface area contributed by atoms with Gasteiger partial charge in [-0.3, -0.25) is 4.90 Å². The average Bonchev–Trinajstić information content (AvgIpc) is 2.86. The van der Waals surface area contributed by atoms with Crippen molar-refractivity contribution in [3.63, 3.8) is 0 Å². The van der Waals surface area contributed by atoms with E-state index >= 15 is 0 Å². The van der Waals surface area contributed by atoms with E-state index in [9.17, 15) is 0 Å². The maximum atomic E-state index is 5.87. The molecule has 2 saturated heterocycles. The maximum Gasteiger partial charge on any atom is 0.181 e. The quantitative estimate of drug-likeness (QED) is 0.830. The molecule has 0 radical (unpaired) electrons. The minimum Gasteiger partial charge on any atom is -0.399 e. The largest absolute Gasteiger partial charge is 0.399 e. The second-order valence-electron chi connectivity index (χ2n) is 5.53. The smallest absolute Gasteiger partial charge is 0.181 e. The van der Waals surface area contributed by atoms with Gasteiger partial charge in [-0.05, 0) is 37.6 Å². The molecule has 3 rings (SSSR count). The summed E-state index contributed by atoms with van der Waals surface area (Å²) in [5.41, 5.74) is 7.96. The minimum atomic E-state index is -0.354. The summed E-state index contributed by atoms with van der Waals surface area (Å²) in [4.78, 5) is 2.43. The average molecular weight is 262 g/mol. The summed E-state index contributed by atoms with van der Waals surface area (Å²) >= 11 is 0. The summed E-state index contributed by atoms with van der Waals surface area (Å²) < 4.78 is 11.7. The molecule has 104 valence electrons. The molecule has 1 aromatic rings. The van der Waals surface area contributed by atoms with Crippen molar-refractivity contribution in [3.8, 4) is 0 Å². The van der Waals surface area contributed by atoms with Gasteiger partial charge in [0.1, 0.15) is 0 Å². The lowest BCUT2D eigenvalue weighted by Gasteiger charge is -2.41. The molecular weight excluding hydrogens is 240 g/mol. The summed E-state index contributed by atoms with van der Waals surface area (Å²) in [5, 5.41) is 0. The molecule has 2 aliphatic heterocycles. The van der Waals surface area contributed by atoms with Gasteiger partial charge in [-0.1, -0.05) is 12.1 Å². The molecule has 0 aromatic heterocycles. The van der Waals surface area contributed by atoms with Crippen LogP contribution in [-0.2, 0) is 9.47 Å². The predicted octanol–water partition coefficient (Wildman–Crippen LogP) is 2.17. The Balaban J connectivity index is 1.74. The highest BCUT2D eigenvalue weighted by molar-refractivity contribution is 5.41. The maximum absolute atomic E-state index is 5.87. The zero-order valence-corrected chi connectivity index (χ0v) is 11.5. The summed E-state index contributed by atoms with van der Waals surface area (Å²) in [6.45, 7) is 5.61. The molecule has 19 heavy (non-hydrogen) atoms. The van der Waals surface area contributed by atoms with Gasteiger partial charge in [0.05, 0.1) is 19.8 Å². The van der Waals surface area contributed by atoms with Crippen LogP contribution in [0.25, 0.3) is 0 Å². The number of anilines is 1. The van der Waals surface area contributed by atoms with E-state index in [2.05, 4.69) is 24.0 Å². The van der Waals surface area contributed by atoms with Gasteiger partial charge in [0, 0.05) is 18.2 Å². The first-order valence-electron chi connectivity index (χ1n) is 7.06. The number of piperidine rings is 1. The van der Waals surface area contributed by atoms with Gasteiger partial charge < -0.3 is 15.2 Å². The van der Waals surface area contributed by atoms with Crippen molar-refractivity contribution in [1.29, 1.82) is 0 Å². The summed E-state index contributed by atoms with van der Waals surface area (Å²) in [6.07, 6.45) is 2.12. The third-order valence-corrected chi connectivity index (χ3v) is 4.20. The van der Waals surface area contributed by atoms with Crippen LogP contribution in [-0.4, -0.2) is 37.0 Å². The molecule has 2 heterocycles. The van der Waals surface area contributed by atoms with Crippen molar-refractivity contribution in [1.82, 2.24) is 4.90 Å². The summed E-state index contributed by atoms with van der Waals surface area (Å²) in [6, 6.07) is 8.48. The fourth-order valence-electron chi connectivity index (χ4n) is 3.11. The molecule has 4 heteroatoms. The molecule has 1 unspecified atom stereocenters. The second-order valence-corrected chi connectivity index (χ2v) is 5.53. The van der Waals surface area contributed by atoms with Crippen LogP contribution in [0.5, 0.6) is 0 Å². The van der Waals surface area contributed by atoms with Gasteiger partial charge in [-0.25, -0.2) is 0 Å². The molecule has 1 atom stereocenters. The van der Waals surface area contributed by atoms with Crippen LogP contribution < -0.4 is 5.73 Å². The Hall–Kier alpha value is -1.10. The van der Waals surface area contributed by atoms with E-state index in [4.69, 9.17) is 15.2 Å². The summed E-state index contributed by atoms with van der Waals surface area (Å²) in [5.74, 6) is -0.354. The van der Waals surface area contributed by atoms with Crippen molar-refractivity contribution in [2.45, 2.75) is 31.6 Å². The summed E-state index contributed by atoms with van der Waals surface area (Å²) in [7, 11) is 0. The van der Waals surface area contributed by atoms with Crippen LogP contribution >= 0.6 is 0 Å². The molecule has 2 N–H and O–H groups in total. The van der Waals surface area contributed by atoms with E-state index in [1.54, 1.807) is 0 Å². The number of rotatable bonds is 2. The highest BCUT2D eigenvalue weighted by Gasteiger charge is 2.41. The number of ether oxygens (including phenoxy) is 2. The van der Waals surface area contributed by atoms with Gasteiger partial charge in [-0.15, -0.1) is 0 Å². The fraction of sp³-hybridized carbons (Fsp3) is 0.600. The van der Waals surface area contributed by atoms with Crippen molar-refractivity contribution in [2.75, 3.05) is 32.0 Å². The number of hydrogen-bond donors (Lipinski definition) is 1. The number of nitrogens with zero attached hydrogens (tertiary/aromatic N) is 1. The lowest BCUT2D eigenvalue weighted by molar-refractivity contribution is -0.193. The Morgan fingerprint density at radius 2 is 2.11 bits per heavy atom. The molecule has 0 amide bonds. The third-order valence-electron chi connectivity index (χ3n) is 4.20. The monoisotopic (exact) mass is 262 g/mol. The van der Waals surface area contributed by atoms with E-state index in [0.717, 1.165) is 44.8 Å². The van der Waals surface area contributed by atoms with E-state index in [1.807, 2.05) is 12.1 Å². The first-order chi connectivity index (χ1) is 9.19. The highest BCUT2D eigenvalue weighted by atomic mass is 16.7. The van der Waals surface area contributed by atoms with E-state index in [-0.39, 0.29) is 5.79 Å². The van der Waals surface area contributed by atoms with Gasteiger partial charge >= 0.3 is 0 Å². The molecule has 0 saturated carbocycles. The number of hydrogen-bond acceptors (Lipinski definition) is 4. The fourth-order valence-corrected chi connectivity index (χ4v) is 3.11. The Morgan fingerprint density at radius 1 is 1.32 bits per heavy atom.